The van der Waals surface area contributed by atoms with Crippen LogP contribution in [-0.4, -0.2) is 27.3 Å². The molecule has 1 atom stereocenters. The molecule has 0 aliphatic carbocycles. The second kappa shape index (κ2) is 9.94. The Morgan fingerprint density at radius 1 is 1.29 bits per heavy atom. The molecule has 7 nitrogen and oxygen atoms in total. The molecule has 0 radical (unpaired) electrons. The Kier molecular flexibility index (Phi) is 7.89. The van der Waals surface area contributed by atoms with Gasteiger partial charge in [-0.25, -0.2) is 9.98 Å². The Balaban J connectivity index is 2.25. The molecule has 1 aromatic heterocycles. The maximum Gasteiger partial charge on any atom is 0.253 e. The monoisotopic (exact) mass is 502 g/mol. The third-order valence-electron chi connectivity index (χ3n) is 3.28. The number of hydrogen-bond donors (Lipinski definition) is 3. The van der Waals surface area contributed by atoms with Crippen LogP contribution >= 0.6 is 50.7 Å². The SMILES string of the molecule is CC(Cl)(Cl)C(/N=C(/NC#N)Nc1ccc(Cl)nc1)NC(=O)c1ccc(Br)cc1. The van der Waals surface area contributed by atoms with Crippen LogP contribution in [0.4, 0.5) is 5.69 Å². The highest BCUT2D eigenvalue weighted by molar-refractivity contribution is 9.10. The number of benzene rings is 1. The van der Waals surface area contributed by atoms with Gasteiger partial charge in [-0.15, -0.1) is 0 Å². The number of rotatable bonds is 5. The van der Waals surface area contributed by atoms with Gasteiger partial charge in [0.05, 0.1) is 11.9 Å². The smallest absolute Gasteiger partial charge is 0.253 e. The van der Waals surface area contributed by atoms with Crippen LogP contribution < -0.4 is 16.0 Å². The molecule has 11 heteroatoms. The average Bonchev–Trinajstić information content (AvgIpc) is 2.63. The van der Waals surface area contributed by atoms with E-state index in [1.807, 2.05) is 0 Å². The van der Waals surface area contributed by atoms with Gasteiger partial charge in [0.1, 0.15) is 5.15 Å². The van der Waals surface area contributed by atoms with Gasteiger partial charge in [-0.1, -0.05) is 50.7 Å². The summed E-state index contributed by atoms with van der Waals surface area (Å²) < 4.78 is -0.632. The molecule has 0 saturated carbocycles. The zero-order valence-electron chi connectivity index (χ0n) is 14.4. The van der Waals surface area contributed by atoms with Crippen LogP contribution in [0.5, 0.6) is 0 Å². The number of guanidine groups is 1. The van der Waals surface area contributed by atoms with Gasteiger partial charge in [0, 0.05) is 10.0 Å². The molecule has 1 unspecified atom stereocenters. The Morgan fingerprint density at radius 3 is 2.50 bits per heavy atom. The number of nitrogens with one attached hydrogen (secondary N) is 3. The molecule has 3 N–H and O–H groups in total. The Morgan fingerprint density at radius 2 is 1.96 bits per heavy atom. The number of aromatic nitrogens is 1. The maximum atomic E-state index is 12.5. The van der Waals surface area contributed by atoms with Crippen LogP contribution in [0.25, 0.3) is 0 Å². The third-order valence-corrected chi connectivity index (χ3v) is 4.44. The van der Waals surface area contributed by atoms with Gasteiger partial charge >= 0.3 is 0 Å². The van der Waals surface area contributed by atoms with Crippen LogP contribution in [0, 0.1) is 11.5 Å². The number of amides is 1. The third kappa shape index (κ3) is 6.84. The van der Waals surface area contributed by atoms with E-state index in [0.29, 0.717) is 16.4 Å². The number of anilines is 1. The number of carbonyl (C=O) groups excluding carboxylic acids is 1. The predicted octanol–water partition coefficient (Wildman–Crippen LogP) is 4.29. The van der Waals surface area contributed by atoms with Crippen LogP contribution in [0.2, 0.25) is 5.15 Å². The van der Waals surface area contributed by atoms with E-state index in [1.165, 1.54) is 13.1 Å². The van der Waals surface area contributed by atoms with Crippen molar-refractivity contribution in [2.45, 2.75) is 17.4 Å². The molecule has 1 amide bonds. The van der Waals surface area contributed by atoms with Crippen molar-refractivity contribution in [3.05, 3.63) is 57.8 Å². The lowest BCUT2D eigenvalue weighted by Gasteiger charge is -2.25. The van der Waals surface area contributed by atoms with Gasteiger partial charge in [-0.05, 0) is 43.3 Å². The van der Waals surface area contributed by atoms with Gasteiger partial charge < -0.3 is 10.6 Å². The van der Waals surface area contributed by atoms with Gasteiger partial charge in [-0.3, -0.25) is 10.1 Å². The van der Waals surface area contributed by atoms with E-state index in [-0.39, 0.29) is 5.96 Å². The minimum absolute atomic E-state index is 0.0141. The Hall–Kier alpha value is -2.05. The lowest BCUT2D eigenvalue weighted by atomic mass is 10.2. The summed E-state index contributed by atoms with van der Waals surface area (Å²) >= 11 is 21.4. The van der Waals surface area contributed by atoms with E-state index in [0.717, 1.165) is 4.47 Å². The molecule has 0 fully saturated rings. The van der Waals surface area contributed by atoms with Crippen molar-refractivity contribution in [3.63, 3.8) is 0 Å². The lowest BCUT2D eigenvalue weighted by Crippen LogP contribution is -2.45. The van der Waals surface area contributed by atoms with E-state index in [9.17, 15) is 4.79 Å². The molecule has 0 saturated heterocycles. The number of nitriles is 1. The molecule has 146 valence electrons. The van der Waals surface area contributed by atoms with Gasteiger partial charge in [0.2, 0.25) is 5.96 Å². The predicted molar refractivity (Wildman–Crippen MR) is 115 cm³/mol. The molecular weight excluding hydrogens is 490 g/mol. The normalized spacial score (nSPS) is 12.6. The summed E-state index contributed by atoms with van der Waals surface area (Å²) in [5.41, 5.74) is 0.903. The first-order valence-electron chi connectivity index (χ1n) is 7.75. The summed E-state index contributed by atoms with van der Waals surface area (Å²) in [7, 11) is 0. The van der Waals surface area contributed by atoms with E-state index in [2.05, 4.69) is 41.9 Å². The number of nitrogens with zero attached hydrogens (tertiary/aromatic N) is 3. The highest BCUT2D eigenvalue weighted by Gasteiger charge is 2.32. The minimum Gasteiger partial charge on any atom is -0.328 e. The van der Waals surface area contributed by atoms with Crippen molar-refractivity contribution in [2.24, 2.45) is 4.99 Å². The van der Waals surface area contributed by atoms with E-state index in [4.69, 9.17) is 40.1 Å². The molecule has 0 aliphatic heterocycles. The van der Waals surface area contributed by atoms with Crippen LogP contribution in [0.3, 0.4) is 0 Å². The van der Waals surface area contributed by atoms with Crippen LogP contribution in [0.1, 0.15) is 17.3 Å². The molecule has 2 rings (SSSR count). The fourth-order valence-electron chi connectivity index (χ4n) is 1.95. The molecule has 0 spiro atoms. The lowest BCUT2D eigenvalue weighted by molar-refractivity contribution is 0.0935. The first-order valence-corrected chi connectivity index (χ1v) is 9.67. The van der Waals surface area contributed by atoms with Crippen molar-refractivity contribution >= 4 is 68.3 Å². The highest BCUT2D eigenvalue weighted by atomic mass is 79.9. The second-order valence-electron chi connectivity index (χ2n) is 5.55. The molecule has 1 aromatic carbocycles. The molecule has 1 heterocycles. The van der Waals surface area contributed by atoms with E-state index < -0.39 is 16.4 Å². The topological polar surface area (TPSA) is 102 Å². The first kappa shape index (κ1) is 22.2. The largest absolute Gasteiger partial charge is 0.328 e. The zero-order chi connectivity index (χ0) is 20.7. The van der Waals surface area contributed by atoms with Gasteiger partial charge in [-0.2, -0.15) is 5.26 Å². The second-order valence-corrected chi connectivity index (χ2v) is 8.62. The fourth-order valence-corrected chi connectivity index (χ4v) is 2.53. The molecular formula is C17H14BrCl3N6O. The van der Waals surface area contributed by atoms with Crippen LogP contribution in [0.15, 0.2) is 52.1 Å². The molecule has 0 bridgehead atoms. The molecule has 2 aromatic rings. The Bertz CT molecular complexity index is 891. The summed E-state index contributed by atoms with van der Waals surface area (Å²) in [5, 5.41) is 17.2. The minimum atomic E-state index is -1.46. The van der Waals surface area contributed by atoms with E-state index >= 15 is 0 Å². The van der Waals surface area contributed by atoms with Gasteiger partial charge in [0.25, 0.3) is 5.91 Å². The summed E-state index contributed by atoms with van der Waals surface area (Å²) in [4.78, 5) is 20.7. The zero-order valence-corrected chi connectivity index (χ0v) is 18.2. The molecule has 28 heavy (non-hydrogen) atoms. The van der Waals surface area contributed by atoms with Crippen LogP contribution in [-0.2, 0) is 0 Å². The standard InChI is InChI=1S/C17H14BrCl3N6O/c1-17(20,21)15(26-14(28)10-2-4-11(18)5-3-10)27-16(24-9-22)25-12-6-7-13(19)23-8-12/h2-8,15H,1H3,(H,26,28)(H2,24,25,27). The summed E-state index contributed by atoms with van der Waals surface area (Å²) in [5.74, 6) is -0.418. The molecule has 0 aliphatic rings. The van der Waals surface area contributed by atoms with Crippen molar-refractivity contribution in [1.29, 1.82) is 5.26 Å². The fraction of sp³-hybridized carbons (Fsp3) is 0.176. The summed E-state index contributed by atoms with van der Waals surface area (Å²) in [6, 6.07) is 9.92. The number of halogens is 4. The number of pyridine rings is 1. The Labute approximate surface area is 185 Å². The summed E-state index contributed by atoms with van der Waals surface area (Å²) in [6.07, 6.45) is 2.13. The number of aliphatic imine (C=N–C) groups is 1. The highest BCUT2D eigenvalue weighted by Crippen LogP contribution is 2.26. The maximum absolute atomic E-state index is 12.5. The van der Waals surface area contributed by atoms with Crippen molar-refractivity contribution in [1.82, 2.24) is 15.6 Å². The summed E-state index contributed by atoms with van der Waals surface area (Å²) in [6.45, 7) is 1.47. The first-order chi connectivity index (χ1) is 13.2. The number of carbonyl (C=O) groups is 1. The van der Waals surface area contributed by atoms with Crippen molar-refractivity contribution in [3.8, 4) is 6.19 Å². The number of alkyl halides is 2. The van der Waals surface area contributed by atoms with E-state index in [1.54, 1.807) is 42.6 Å². The number of hydrogen-bond acceptors (Lipinski definition) is 4. The van der Waals surface area contributed by atoms with Gasteiger partial charge in [0.15, 0.2) is 16.7 Å². The quantitative estimate of drug-likeness (QED) is 0.141. The average molecular weight is 505 g/mol. The van der Waals surface area contributed by atoms with Crippen molar-refractivity contribution < 1.29 is 4.79 Å². The van der Waals surface area contributed by atoms with Crippen molar-refractivity contribution in [2.75, 3.05) is 5.32 Å².